The van der Waals surface area contributed by atoms with Crippen molar-refractivity contribution in [1.82, 2.24) is 0 Å². The summed E-state index contributed by atoms with van der Waals surface area (Å²) in [6.07, 6.45) is 0.466. The molecule has 2 aromatic carbocycles. The molecule has 0 aromatic heterocycles. The summed E-state index contributed by atoms with van der Waals surface area (Å²) in [5.74, 6) is -3.50. The lowest BCUT2D eigenvalue weighted by molar-refractivity contribution is -0.160. The number of Topliss-reactive ketones (excluding diaryl/α,β-unsaturated/α-hetero) is 1. The van der Waals surface area contributed by atoms with Gasteiger partial charge in [0.15, 0.2) is 11.7 Å². The Morgan fingerprint density at radius 3 is 2.50 bits per heavy atom. The van der Waals surface area contributed by atoms with Gasteiger partial charge >= 0.3 is 11.9 Å². The predicted molar refractivity (Wildman–Crippen MR) is 107 cm³/mol. The highest BCUT2D eigenvalue weighted by atomic mass is 79.9. The van der Waals surface area contributed by atoms with Gasteiger partial charge < -0.3 is 9.47 Å². The zero-order valence-corrected chi connectivity index (χ0v) is 17.3. The molecule has 0 unspecified atom stereocenters. The summed E-state index contributed by atoms with van der Waals surface area (Å²) in [6, 6.07) is 14.1. The van der Waals surface area contributed by atoms with Crippen LogP contribution in [-0.2, 0) is 14.3 Å². The standard InChI is InChI=1S/C22H21BrO5/c1-3-15(20(24)13-8-6-5-7-9-13)18-16-12-14(23)10-11-17(16)28-22(26)19(18)21(25)27-4-2/h5-12,15,18-19H,3-4H2,1-2H3/t15-,18+,19-/m1/s1. The van der Waals surface area contributed by atoms with E-state index in [9.17, 15) is 14.4 Å². The normalized spacial score (nSPS) is 19.3. The lowest BCUT2D eigenvalue weighted by Crippen LogP contribution is -2.43. The molecule has 0 saturated carbocycles. The molecule has 0 aliphatic carbocycles. The van der Waals surface area contributed by atoms with E-state index in [0.29, 0.717) is 23.3 Å². The number of rotatable bonds is 6. The van der Waals surface area contributed by atoms with E-state index in [1.54, 1.807) is 49.4 Å². The number of esters is 2. The van der Waals surface area contributed by atoms with Crippen molar-refractivity contribution in [2.75, 3.05) is 6.61 Å². The molecule has 0 amide bonds. The average Bonchev–Trinajstić information content (AvgIpc) is 2.69. The first kappa shape index (κ1) is 20.3. The van der Waals surface area contributed by atoms with E-state index in [1.165, 1.54) is 0 Å². The SMILES string of the molecule is CCOC(=O)[C@@H]1C(=O)Oc2ccc(Br)cc2[C@@H]1[C@@H](CC)C(=O)c1ccccc1. The Morgan fingerprint density at radius 2 is 1.86 bits per heavy atom. The molecule has 2 aromatic rings. The maximum Gasteiger partial charge on any atom is 0.326 e. The highest BCUT2D eigenvalue weighted by Crippen LogP contribution is 2.45. The molecular weight excluding hydrogens is 424 g/mol. The van der Waals surface area contributed by atoms with E-state index in [2.05, 4.69) is 15.9 Å². The molecule has 0 saturated heterocycles. The van der Waals surface area contributed by atoms with Crippen LogP contribution < -0.4 is 4.74 Å². The summed E-state index contributed by atoms with van der Waals surface area (Å²) < 4.78 is 11.3. The quantitative estimate of drug-likeness (QED) is 0.283. The molecule has 5 nitrogen and oxygen atoms in total. The zero-order chi connectivity index (χ0) is 20.3. The van der Waals surface area contributed by atoms with Gasteiger partial charge in [0.2, 0.25) is 0 Å². The molecule has 1 aliphatic rings. The largest absolute Gasteiger partial charge is 0.465 e. The number of hydrogen-bond acceptors (Lipinski definition) is 5. The second-order valence-electron chi connectivity index (χ2n) is 6.60. The third-order valence-electron chi connectivity index (χ3n) is 4.96. The number of carbonyl (C=O) groups excluding carboxylic acids is 3. The van der Waals surface area contributed by atoms with E-state index in [0.717, 1.165) is 4.47 Å². The van der Waals surface area contributed by atoms with Crippen LogP contribution in [0.25, 0.3) is 0 Å². The number of hydrogen-bond donors (Lipinski definition) is 0. The van der Waals surface area contributed by atoms with Crippen molar-refractivity contribution in [2.24, 2.45) is 11.8 Å². The molecule has 3 rings (SSSR count). The van der Waals surface area contributed by atoms with Crippen LogP contribution in [0.4, 0.5) is 0 Å². The number of fused-ring (bicyclic) bond motifs is 1. The topological polar surface area (TPSA) is 69.7 Å². The number of carbonyl (C=O) groups is 3. The summed E-state index contributed by atoms with van der Waals surface area (Å²) in [5, 5.41) is 0. The molecular formula is C22H21BrO5. The van der Waals surface area contributed by atoms with Gasteiger partial charge in [0.1, 0.15) is 5.75 Å². The minimum atomic E-state index is -1.18. The highest BCUT2D eigenvalue weighted by molar-refractivity contribution is 9.10. The van der Waals surface area contributed by atoms with Crippen LogP contribution in [0.15, 0.2) is 53.0 Å². The molecule has 146 valence electrons. The smallest absolute Gasteiger partial charge is 0.326 e. The van der Waals surface area contributed by atoms with E-state index in [-0.39, 0.29) is 12.4 Å². The van der Waals surface area contributed by atoms with Crippen LogP contribution in [0.5, 0.6) is 5.75 Å². The average molecular weight is 445 g/mol. The first-order valence-electron chi connectivity index (χ1n) is 9.24. The van der Waals surface area contributed by atoms with Crippen molar-refractivity contribution in [3.05, 3.63) is 64.1 Å². The van der Waals surface area contributed by atoms with Crippen LogP contribution in [0, 0.1) is 11.8 Å². The fourth-order valence-corrected chi connectivity index (χ4v) is 4.09. The summed E-state index contributed by atoms with van der Waals surface area (Å²) in [5.41, 5.74) is 1.20. The van der Waals surface area contributed by atoms with Gasteiger partial charge in [-0.1, -0.05) is 53.2 Å². The minimum absolute atomic E-state index is 0.108. The Hall–Kier alpha value is -2.47. The number of ether oxygens (including phenoxy) is 2. The van der Waals surface area contributed by atoms with Crippen molar-refractivity contribution in [3.63, 3.8) is 0 Å². The number of halogens is 1. The molecule has 3 atom stereocenters. The van der Waals surface area contributed by atoms with E-state index < -0.39 is 29.7 Å². The monoisotopic (exact) mass is 444 g/mol. The van der Waals surface area contributed by atoms with Crippen molar-refractivity contribution < 1.29 is 23.9 Å². The molecule has 0 bridgehead atoms. The van der Waals surface area contributed by atoms with Gasteiger partial charge in [-0.15, -0.1) is 0 Å². The molecule has 0 N–H and O–H groups in total. The van der Waals surface area contributed by atoms with Gasteiger partial charge in [0, 0.05) is 27.4 Å². The van der Waals surface area contributed by atoms with Crippen LogP contribution in [0.2, 0.25) is 0 Å². The summed E-state index contributed by atoms with van der Waals surface area (Å²) in [4.78, 5) is 38.6. The van der Waals surface area contributed by atoms with Gasteiger partial charge in [0.25, 0.3) is 0 Å². The van der Waals surface area contributed by atoms with Crippen LogP contribution in [0.1, 0.15) is 42.1 Å². The Morgan fingerprint density at radius 1 is 1.14 bits per heavy atom. The van der Waals surface area contributed by atoms with Gasteiger partial charge in [-0.2, -0.15) is 0 Å². The third-order valence-corrected chi connectivity index (χ3v) is 5.46. The summed E-state index contributed by atoms with van der Waals surface area (Å²) >= 11 is 3.43. The van der Waals surface area contributed by atoms with Crippen LogP contribution in [0.3, 0.4) is 0 Å². The molecule has 6 heteroatoms. The van der Waals surface area contributed by atoms with Crippen LogP contribution in [-0.4, -0.2) is 24.3 Å². The first-order valence-corrected chi connectivity index (χ1v) is 10.0. The molecule has 0 spiro atoms. The summed E-state index contributed by atoms with van der Waals surface area (Å²) in [7, 11) is 0. The first-order chi connectivity index (χ1) is 13.5. The Kier molecular flexibility index (Phi) is 6.29. The molecule has 1 heterocycles. The fourth-order valence-electron chi connectivity index (χ4n) is 3.71. The Balaban J connectivity index is 2.13. The number of ketones is 1. The molecule has 0 radical (unpaired) electrons. The van der Waals surface area contributed by atoms with Crippen molar-refractivity contribution in [1.29, 1.82) is 0 Å². The van der Waals surface area contributed by atoms with E-state index >= 15 is 0 Å². The van der Waals surface area contributed by atoms with Crippen LogP contribution >= 0.6 is 15.9 Å². The van der Waals surface area contributed by atoms with E-state index in [1.807, 2.05) is 13.0 Å². The maximum atomic E-state index is 13.3. The van der Waals surface area contributed by atoms with E-state index in [4.69, 9.17) is 9.47 Å². The van der Waals surface area contributed by atoms with Crippen molar-refractivity contribution in [2.45, 2.75) is 26.2 Å². The predicted octanol–water partition coefficient (Wildman–Crippen LogP) is 4.54. The van der Waals surface area contributed by atoms with Crippen molar-refractivity contribution in [3.8, 4) is 5.75 Å². The van der Waals surface area contributed by atoms with Gasteiger partial charge in [-0.25, -0.2) is 0 Å². The molecule has 28 heavy (non-hydrogen) atoms. The second-order valence-corrected chi connectivity index (χ2v) is 7.52. The lowest BCUT2D eigenvalue weighted by Gasteiger charge is -2.35. The molecule has 1 aliphatic heterocycles. The zero-order valence-electron chi connectivity index (χ0n) is 15.7. The van der Waals surface area contributed by atoms with Gasteiger partial charge in [-0.05, 0) is 31.5 Å². The lowest BCUT2D eigenvalue weighted by atomic mass is 9.71. The second kappa shape index (κ2) is 8.69. The fraction of sp³-hybridized carbons (Fsp3) is 0.318. The Bertz CT molecular complexity index is 893. The molecule has 0 fully saturated rings. The highest BCUT2D eigenvalue weighted by Gasteiger charge is 2.48. The Labute approximate surface area is 172 Å². The number of benzene rings is 2. The minimum Gasteiger partial charge on any atom is -0.465 e. The van der Waals surface area contributed by atoms with Gasteiger partial charge in [-0.3, -0.25) is 14.4 Å². The van der Waals surface area contributed by atoms with Crippen molar-refractivity contribution >= 4 is 33.7 Å². The summed E-state index contributed by atoms with van der Waals surface area (Å²) in [6.45, 7) is 3.70. The third kappa shape index (κ3) is 3.87. The maximum absolute atomic E-state index is 13.3. The van der Waals surface area contributed by atoms with Gasteiger partial charge in [0.05, 0.1) is 6.61 Å².